The Morgan fingerprint density at radius 1 is 1.03 bits per heavy atom. The molecule has 6 rings (SSSR count). The van der Waals surface area contributed by atoms with Gasteiger partial charge in [0.1, 0.15) is 0 Å². The molecular weight excluding hydrogens is 484 g/mol. The van der Waals surface area contributed by atoms with Crippen LogP contribution in [0.25, 0.3) is 10.2 Å². The van der Waals surface area contributed by atoms with Gasteiger partial charge in [-0.25, -0.2) is 13.4 Å². The Morgan fingerprint density at radius 3 is 2.60 bits per heavy atom. The lowest BCUT2D eigenvalue weighted by atomic mass is 10.0. The van der Waals surface area contributed by atoms with Gasteiger partial charge in [-0.2, -0.15) is 0 Å². The van der Waals surface area contributed by atoms with Crippen LogP contribution in [0.4, 0.5) is 5.13 Å². The van der Waals surface area contributed by atoms with Crippen molar-refractivity contribution in [2.45, 2.75) is 28.7 Å². The standard InChI is InChI=1S/C26H20N2O5S2/c29-24-18-7-1-4-10-22(18)35(31,32)23-14-16(11-12-19(23)24)25(30)28(15-17-6-5-13-33-17)26-27-20-8-2-3-9-21(20)34-26/h1-4,7-12,14,17H,5-6,13,15H2/t17-/m0/s1. The SMILES string of the molecule is O=C1c2ccccc2S(=O)(=O)c2cc(C(=O)N(C[C@@H]3CCCO3)c3nc4ccccc4s3)ccc21. The quantitative estimate of drug-likeness (QED) is 0.358. The second-order valence-electron chi connectivity index (χ2n) is 8.55. The highest BCUT2D eigenvalue weighted by Crippen LogP contribution is 2.36. The third-order valence-electron chi connectivity index (χ3n) is 6.35. The molecule has 2 aliphatic heterocycles. The van der Waals surface area contributed by atoms with Gasteiger partial charge in [-0.1, -0.05) is 35.6 Å². The summed E-state index contributed by atoms with van der Waals surface area (Å²) >= 11 is 1.40. The number of amides is 1. The second-order valence-corrected chi connectivity index (χ2v) is 11.5. The molecule has 0 N–H and O–H groups in total. The monoisotopic (exact) mass is 504 g/mol. The number of hydrogen-bond acceptors (Lipinski definition) is 7. The predicted octanol–water partition coefficient (Wildman–Crippen LogP) is 4.50. The molecule has 35 heavy (non-hydrogen) atoms. The summed E-state index contributed by atoms with van der Waals surface area (Å²) in [5, 5.41) is 0.522. The van der Waals surface area contributed by atoms with Crippen molar-refractivity contribution in [3.05, 3.63) is 83.4 Å². The van der Waals surface area contributed by atoms with Crippen LogP contribution in [0.5, 0.6) is 0 Å². The first-order chi connectivity index (χ1) is 16.9. The van der Waals surface area contributed by atoms with E-state index in [0.717, 1.165) is 23.1 Å². The average molecular weight is 505 g/mol. The Hall–Kier alpha value is -3.40. The minimum Gasteiger partial charge on any atom is -0.376 e. The zero-order valence-corrected chi connectivity index (χ0v) is 20.1. The van der Waals surface area contributed by atoms with E-state index in [2.05, 4.69) is 4.98 Å². The summed E-state index contributed by atoms with van der Waals surface area (Å²) in [6, 6.07) is 18.0. The summed E-state index contributed by atoms with van der Waals surface area (Å²) < 4.78 is 33.4. The molecule has 0 unspecified atom stereocenters. The number of ketones is 1. The van der Waals surface area contributed by atoms with Crippen molar-refractivity contribution in [2.24, 2.45) is 0 Å². The first-order valence-electron chi connectivity index (χ1n) is 11.3. The van der Waals surface area contributed by atoms with Gasteiger partial charge in [0.05, 0.1) is 32.7 Å². The molecule has 1 aromatic heterocycles. The molecular formula is C26H20N2O5S2. The van der Waals surface area contributed by atoms with Gasteiger partial charge < -0.3 is 4.74 Å². The second kappa shape index (κ2) is 8.37. The fourth-order valence-corrected chi connectivity index (χ4v) is 7.24. The number of anilines is 1. The summed E-state index contributed by atoms with van der Waals surface area (Å²) in [7, 11) is -3.95. The number of aromatic nitrogens is 1. The highest BCUT2D eigenvalue weighted by atomic mass is 32.2. The average Bonchev–Trinajstić information content (AvgIpc) is 3.55. The maximum Gasteiger partial charge on any atom is 0.260 e. The molecule has 4 aromatic rings. The van der Waals surface area contributed by atoms with Gasteiger partial charge in [0.2, 0.25) is 9.84 Å². The molecule has 1 fully saturated rings. The van der Waals surface area contributed by atoms with Crippen LogP contribution < -0.4 is 4.90 Å². The van der Waals surface area contributed by atoms with Crippen LogP contribution in [0.1, 0.15) is 39.1 Å². The van der Waals surface area contributed by atoms with Crippen molar-refractivity contribution >= 4 is 48.2 Å². The van der Waals surface area contributed by atoms with Crippen molar-refractivity contribution in [1.82, 2.24) is 4.98 Å². The molecule has 0 aliphatic carbocycles. The van der Waals surface area contributed by atoms with Crippen molar-refractivity contribution < 1.29 is 22.7 Å². The lowest BCUT2D eigenvalue weighted by Gasteiger charge is -2.24. The number of benzene rings is 3. The van der Waals surface area contributed by atoms with Crippen molar-refractivity contribution in [1.29, 1.82) is 0 Å². The van der Waals surface area contributed by atoms with Gasteiger partial charge in [0.15, 0.2) is 10.9 Å². The zero-order chi connectivity index (χ0) is 24.2. The third kappa shape index (κ3) is 3.67. The topological polar surface area (TPSA) is 93.6 Å². The molecule has 1 saturated heterocycles. The number of rotatable bonds is 4. The summed E-state index contributed by atoms with van der Waals surface area (Å²) in [5.41, 5.74) is 1.18. The summed E-state index contributed by atoms with van der Waals surface area (Å²) in [5.74, 6) is -0.754. The maximum absolute atomic E-state index is 13.8. The van der Waals surface area contributed by atoms with E-state index in [-0.39, 0.29) is 44.3 Å². The molecule has 176 valence electrons. The van der Waals surface area contributed by atoms with Gasteiger partial charge in [0.25, 0.3) is 5.91 Å². The molecule has 3 heterocycles. The molecule has 0 spiro atoms. The van der Waals surface area contributed by atoms with E-state index >= 15 is 0 Å². The van der Waals surface area contributed by atoms with E-state index in [1.165, 1.54) is 41.7 Å². The van der Waals surface area contributed by atoms with Gasteiger partial charge >= 0.3 is 0 Å². The van der Waals surface area contributed by atoms with Crippen molar-refractivity contribution in [2.75, 3.05) is 18.1 Å². The van der Waals surface area contributed by atoms with Gasteiger partial charge in [-0.3, -0.25) is 14.5 Å². The highest BCUT2D eigenvalue weighted by Gasteiger charge is 2.36. The summed E-state index contributed by atoms with van der Waals surface area (Å²) in [4.78, 5) is 32.8. The van der Waals surface area contributed by atoms with Gasteiger partial charge in [-0.05, 0) is 55.3 Å². The molecule has 0 bridgehead atoms. The summed E-state index contributed by atoms with van der Waals surface area (Å²) in [6.07, 6.45) is 1.63. The van der Waals surface area contributed by atoms with E-state index in [4.69, 9.17) is 4.74 Å². The first kappa shape index (κ1) is 22.1. The lowest BCUT2D eigenvalue weighted by Crippen LogP contribution is -2.37. The molecule has 2 aliphatic rings. The van der Waals surface area contributed by atoms with Gasteiger partial charge in [-0.15, -0.1) is 0 Å². The minimum atomic E-state index is -3.95. The fraction of sp³-hybridized carbons (Fsp3) is 0.192. The number of carbonyl (C=O) groups is 2. The Balaban J connectivity index is 1.43. The molecule has 1 atom stereocenters. The molecule has 1 amide bonds. The molecule has 7 nitrogen and oxygen atoms in total. The van der Waals surface area contributed by atoms with Crippen LogP contribution in [0.15, 0.2) is 76.5 Å². The van der Waals surface area contributed by atoms with Gasteiger partial charge in [0, 0.05) is 23.3 Å². The number of fused-ring (bicyclic) bond motifs is 3. The van der Waals surface area contributed by atoms with Crippen LogP contribution >= 0.6 is 11.3 Å². The van der Waals surface area contributed by atoms with E-state index in [1.807, 2.05) is 24.3 Å². The van der Waals surface area contributed by atoms with E-state index < -0.39 is 9.84 Å². The number of para-hydroxylation sites is 1. The van der Waals surface area contributed by atoms with Crippen molar-refractivity contribution in [3.63, 3.8) is 0 Å². The highest BCUT2D eigenvalue weighted by molar-refractivity contribution is 7.91. The summed E-state index contributed by atoms with van der Waals surface area (Å²) in [6.45, 7) is 0.954. The predicted molar refractivity (Wildman–Crippen MR) is 132 cm³/mol. The Labute approximate surface area is 205 Å². The minimum absolute atomic E-state index is 0.0375. The molecule has 0 saturated carbocycles. The van der Waals surface area contributed by atoms with E-state index in [0.29, 0.717) is 18.3 Å². The van der Waals surface area contributed by atoms with Crippen LogP contribution in [0.3, 0.4) is 0 Å². The zero-order valence-electron chi connectivity index (χ0n) is 18.5. The first-order valence-corrected chi connectivity index (χ1v) is 13.6. The van der Waals surface area contributed by atoms with Crippen LogP contribution in [-0.2, 0) is 14.6 Å². The van der Waals surface area contributed by atoms with Crippen LogP contribution in [0.2, 0.25) is 0 Å². The fourth-order valence-electron chi connectivity index (χ4n) is 4.59. The normalized spacial score (nSPS) is 18.3. The Morgan fingerprint density at radius 2 is 1.80 bits per heavy atom. The maximum atomic E-state index is 13.8. The van der Waals surface area contributed by atoms with Crippen LogP contribution in [-0.4, -0.2) is 44.3 Å². The Kier molecular flexibility index (Phi) is 5.28. The lowest BCUT2D eigenvalue weighted by molar-refractivity contribution is 0.0916. The number of ether oxygens (including phenoxy) is 1. The number of nitrogens with zero attached hydrogens (tertiary/aromatic N) is 2. The molecule has 0 radical (unpaired) electrons. The van der Waals surface area contributed by atoms with E-state index in [9.17, 15) is 18.0 Å². The van der Waals surface area contributed by atoms with Crippen molar-refractivity contribution in [3.8, 4) is 0 Å². The smallest absolute Gasteiger partial charge is 0.260 e. The number of hydrogen-bond donors (Lipinski definition) is 0. The Bertz CT molecular complexity index is 1570. The molecule has 9 heteroatoms. The third-order valence-corrected chi connectivity index (χ3v) is 9.26. The number of thiazole rings is 1. The van der Waals surface area contributed by atoms with E-state index in [1.54, 1.807) is 17.0 Å². The molecule has 3 aromatic carbocycles. The van der Waals surface area contributed by atoms with Crippen LogP contribution in [0, 0.1) is 0 Å². The largest absolute Gasteiger partial charge is 0.376 e. The number of carbonyl (C=O) groups excluding carboxylic acids is 2. The number of sulfone groups is 1.